The Hall–Kier alpha value is -3.96. The molecule has 0 radical (unpaired) electrons. The van der Waals surface area contributed by atoms with E-state index in [1.165, 1.54) is 0 Å². The lowest BCUT2D eigenvalue weighted by Gasteiger charge is -2.48. The van der Waals surface area contributed by atoms with E-state index in [9.17, 15) is 5.26 Å². The predicted octanol–water partition coefficient (Wildman–Crippen LogP) is 3.62. The standard InChI is InChI=1S/C26H28N8/c1-3-31-17-26(18-31,12-13-27)33-14-11-21(30-33)23-15-24-22(9-10-25(29)34(24)19(2)28)32(23)16-20-7-5-4-6-8-20/h4-11,14-15,28-29H,3,12,16-18H2,1-2H3. The summed E-state index contributed by atoms with van der Waals surface area (Å²) in [6.07, 6.45) is 2.41. The highest BCUT2D eigenvalue weighted by Crippen LogP contribution is 2.34. The second kappa shape index (κ2) is 8.43. The number of nitrogens with zero attached hydrogens (tertiary/aromatic N) is 6. The molecule has 1 fully saturated rings. The summed E-state index contributed by atoms with van der Waals surface area (Å²) in [4.78, 5) is 2.32. The fourth-order valence-electron chi connectivity index (χ4n) is 5.00. The number of aromatic nitrogens is 4. The topological polar surface area (TPSA) is 102 Å². The molecule has 3 aromatic heterocycles. The summed E-state index contributed by atoms with van der Waals surface area (Å²) in [5.41, 5.74) is 4.65. The van der Waals surface area contributed by atoms with Gasteiger partial charge in [-0.3, -0.25) is 25.0 Å². The van der Waals surface area contributed by atoms with Gasteiger partial charge in [-0.15, -0.1) is 0 Å². The molecule has 0 amide bonds. The summed E-state index contributed by atoms with van der Waals surface area (Å²) in [6.45, 7) is 7.08. The molecule has 2 N–H and O–H groups in total. The first kappa shape index (κ1) is 21.9. The number of benzene rings is 1. The van der Waals surface area contributed by atoms with Gasteiger partial charge >= 0.3 is 0 Å². The average Bonchev–Trinajstić information content (AvgIpc) is 3.42. The molecular formula is C26H28N8. The lowest BCUT2D eigenvalue weighted by molar-refractivity contribution is 0.00964. The molecule has 172 valence electrons. The van der Waals surface area contributed by atoms with Crippen LogP contribution in [-0.4, -0.2) is 49.3 Å². The lowest BCUT2D eigenvalue weighted by atomic mass is 9.87. The highest BCUT2D eigenvalue weighted by atomic mass is 15.4. The van der Waals surface area contributed by atoms with Crippen LogP contribution >= 0.6 is 0 Å². The SMILES string of the molecule is CCN1CC(CC#N)(n2ccc(-c3cc4c(ccc(=N)n4C(C)=N)n3Cc3ccccc3)n2)C1. The largest absolute Gasteiger partial charge is 0.333 e. The molecule has 0 atom stereocenters. The molecule has 8 heteroatoms. The minimum atomic E-state index is -0.293. The minimum absolute atomic E-state index is 0.274. The van der Waals surface area contributed by atoms with Crippen molar-refractivity contribution in [1.29, 1.82) is 16.1 Å². The maximum atomic E-state index is 9.47. The molecule has 0 unspecified atom stereocenters. The lowest BCUT2D eigenvalue weighted by Crippen LogP contribution is -2.62. The van der Waals surface area contributed by atoms with E-state index in [0.29, 0.717) is 18.8 Å². The maximum Gasteiger partial charge on any atom is 0.130 e. The van der Waals surface area contributed by atoms with Crippen LogP contribution < -0.4 is 5.49 Å². The highest BCUT2D eigenvalue weighted by Gasteiger charge is 2.44. The number of fused-ring (bicyclic) bond motifs is 1. The second-order valence-electron chi connectivity index (χ2n) is 9.02. The number of likely N-dealkylation sites (tertiary alicyclic amines) is 1. The van der Waals surface area contributed by atoms with Crippen molar-refractivity contribution in [3.05, 3.63) is 71.8 Å². The molecule has 0 spiro atoms. The van der Waals surface area contributed by atoms with Crippen molar-refractivity contribution in [2.75, 3.05) is 19.6 Å². The van der Waals surface area contributed by atoms with Crippen molar-refractivity contribution in [3.8, 4) is 17.5 Å². The fraction of sp³-hybridized carbons (Fsp3) is 0.308. The molecule has 1 saturated heterocycles. The van der Waals surface area contributed by atoms with Gasteiger partial charge in [0.05, 0.1) is 29.2 Å². The van der Waals surface area contributed by atoms with Crippen LogP contribution in [0.5, 0.6) is 0 Å². The van der Waals surface area contributed by atoms with E-state index in [-0.39, 0.29) is 11.0 Å². The minimum Gasteiger partial charge on any atom is -0.333 e. The molecular weight excluding hydrogens is 424 g/mol. The average molecular weight is 453 g/mol. The fourth-order valence-corrected chi connectivity index (χ4v) is 5.00. The van der Waals surface area contributed by atoms with Crippen molar-refractivity contribution in [3.63, 3.8) is 0 Å². The molecule has 1 aliphatic rings. The smallest absolute Gasteiger partial charge is 0.130 e. The number of nitrogens with one attached hydrogen (secondary N) is 2. The first-order chi connectivity index (χ1) is 16.5. The third kappa shape index (κ3) is 3.55. The van der Waals surface area contributed by atoms with Crippen molar-refractivity contribution >= 4 is 16.9 Å². The van der Waals surface area contributed by atoms with Crippen LogP contribution in [0.2, 0.25) is 0 Å². The number of nitriles is 1. The van der Waals surface area contributed by atoms with Gasteiger partial charge < -0.3 is 4.57 Å². The first-order valence-electron chi connectivity index (χ1n) is 11.5. The summed E-state index contributed by atoms with van der Waals surface area (Å²) >= 11 is 0. The van der Waals surface area contributed by atoms with Crippen molar-refractivity contribution in [2.24, 2.45) is 0 Å². The van der Waals surface area contributed by atoms with E-state index < -0.39 is 0 Å². The van der Waals surface area contributed by atoms with Crippen LogP contribution in [0, 0.1) is 22.1 Å². The third-order valence-corrected chi connectivity index (χ3v) is 6.75. The molecule has 4 aromatic rings. The van der Waals surface area contributed by atoms with Crippen LogP contribution in [0.25, 0.3) is 22.4 Å². The molecule has 0 saturated carbocycles. The Labute approximate surface area is 198 Å². The van der Waals surface area contributed by atoms with Gasteiger partial charge in [-0.25, -0.2) is 0 Å². The Balaban J connectivity index is 1.66. The van der Waals surface area contributed by atoms with Gasteiger partial charge in [0.15, 0.2) is 0 Å². The summed E-state index contributed by atoms with van der Waals surface area (Å²) in [6, 6.07) is 20.3. The van der Waals surface area contributed by atoms with E-state index in [4.69, 9.17) is 15.9 Å². The Bertz CT molecular complexity index is 1460. The van der Waals surface area contributed by atoms with Crippen LogP contribution in [0.15, 0.2) is 60.8 Å². The predicted molar refractivity (Wildman–Crippen MR) is 132 cm³/mol. The third-order valence-electron chi connectivity index (χ3n) is 6.75. The molecule has 0 bridgehead atoms. The van der Waals surface area contributed by atoms with Crippen LogP contribution in [0.1, 0.15) is 25.8 Å². The maximum absolute atomic E-state index is 9.47. The number of hydrogen-bond acceptors (Lipinski definition) is 5. The number of hydrogen-bond donors (Lipinski definition) is 2. The van der Waals surface area contributed by atoms with Crippen molar-refractivity contribution in [2.45, 2.75) is 32.4 Å². The molecule has 0 aliphatic carbocycles. The first-order valence-corrected chi connectivity index (χ1v) is 11.5. The Morgan fingerprint density at radius 3 is 2.56 bits per heavy atom. The number of pyridine rings is 1. The summed E-state index contributed by atoms with van der Waals surface area (Å²) in [7, 11) is 0. The second-order valence-corrected chi connectivity index (χ2v) is 9.02. The van der Waals surface area contributed by atoms with Gasteiger partial charge in [0.25, 0.3) is 0 Å². The van der Waals surface area contributed by atoms with Crippen LogP contribution in [-0.2, 0) is 12.1 Å². The van der Waals surface area contributed by atoms with Gasteiger partial charge in [0.1, 0.15) is 22.6 Å². The number of rotatable bonds is 6. The van der Waals surface area contributed by atoms with Crippen LogP contribution in [0.3, 0.4) is 0 Å². The summed E-state index contributed by atoms with van der Waals surface area (Å²) in [5.74, 6) is 0.298. The van der Waals surface area contributed by atoms with E-state index in [1.54, 1.807) is 17.6 Å². The highest BCUT2D eigenvalue weighted by molar-refractivity contribution is 5.93. The normalized spacial score (nSPS) is 15.2. The zero-order chi connectivity index (χ0) is 23.9. The quantitative estimate of drug-likeness (QED) is 0.345. The summed E-state index contributed by atoms with van der Waals surface area (Å²) < 4.78 is 5.82. The van der Waals surface area contributed by atoms with E-state index in [0.717, 1.165) is 47.6 Å². The summed E-state index contributed by atoms with van der Waals surface area (Å²) in [5, 5.41) is 31.0. The zero-order valence-electron chi connectivity index (χ0n) is 19.5. The molecule has 1 aromatic carbocycles. The van der Waals surface area contributed by atoms with Gasteiger partial charge in [0.2, 0.25) is 0 Å². The molecule has 4 heterocycles. The van der Waals surface area contributed by atoms with E-state index >= 15 is 0 Å². The monoisotopic (exact) mass is 452 g/mol. The van der Waals surface area contributed by atoms with Gasteiger partial charge in [-0.1, -0.05) is 37.3 Å². The number of likely N-dealkylation sites (N-methyl/N-ethyl adjacent to an activating group) is 1. The Morgan fingerprint density at radius 1 is 1.12 bits per heavy atom. The molecule has 8 nitrogen and oxygen atoms in total. The Kier molecular flexibility index (Phi) is 5.42. The zero-order valence-corrected chi connectivity index (χ0v) is 19.5. The van der Waals surface area contributed by atoms with E-state index in [1.807, 2.05) is 47.3 Å². The van der Waals surface area contributed by atoms with E-state index in [2.05, 4.69) is 34.6 Å². The van der Waals surface area contributed by atoms with Gasteiger partial charge in [-0.2, -0.15) is 10.4 Å². The molecule has 1 aliphatic heterocycles. The molecule has 5 rings (SSSR count). The van der Waals surface area contributed by atoms with Crippen molar-refractivity contribution in [1.82, 2.24) is 23.8 Å². The van der Waals surface area contributed by atoms with Gasteiger partial charge in [0, 0.05) is 25.8 Å². The van der Waals surface area contributed by atoms with Crippen LogP contribution in [0.4, 0.5) is 0 Å². The van der Waals surface area contributed by atoms with Gasteiger partial charge in [-0.05, 0) is 43.3 Å². The Morgan fingerprint density at radius 2 is 1.88 bits per heavy atom. The van der Waals surface area contributed by atoms with Crippen molar-refractivity contribution < 1.29 is 0 Å². The molecule has 34 heavy (non-hydrogen) atoms.